The summed E-state index contributed by atoms with van der Waals surface area (Å²) in [7, 11) is 0. The number of thiocarbonyl (C=S) groups is 1. The molecular weight excluding hydrogens is 288 g/mol. The van der Waals surface area contributed by atoms with Crippen molar-refractivity contribution in [2.75, 3.05) is 4.90 Å². The van der Waals surface area contributed by atoms with E-state index in [2.05, 4.69) is 5.32 Å². The average molecular weight is 300 g/mol. The minimum Gasteiger partial charge on any atom is -0.327 e. The molecule has 0 aliphatic carbocycles. The largest absolute Gasteiger partial charge is 0.327 e. The number of hydrogen-bond acceptors (Lipinski definition) is 3. The van der Waals surface area contributed by atoms with Gasteiger partial charge in [0, 0.05) is 4.88 Å². The summed E-state index contributed by atoms with van der Waals surface area (Å²) in [6.45, 7) is 2.01. The van der Waals surface area contributed by atoms with Crippen LogP contribution in [-0.2, 0) is 4.79 Å². The van der Waals surface area contributed by atoms with E-state index in [1.807, 2.05) is 54.8 Å². The zero-order chi connectivity index (χ0) is 14.1. The van der Waals surface area contributed by atoms with Crippen molar-refractivity contribution in [1.29, 1.82) is 0 Å². The topological polar surface area (TPSA) is 32.3 Å². The van der Waals surface area contributed by atoms with Crippen LogP contribution in [0.25, 0.3) is 6.08 Å². The van der Waals surface area contributed by atoms with Crippen LogP contribution in [0.2, 0.25) is 0 Å². The second-order valence-corrected chi connectivity index (χ2v) is 5.85. The Kier molecular flexibility index (Phi) is 3.38. The van der Waals surface area contributed by atoms with Gasteiger partial charge in [-0.25, -0.2) is 0 Å². The van der Waals surface area contributed by atoms with E-state index < -0.39 is 0 Å². The van der Waals surface area contributed by atoms with E-state index in [9.17, 15) is 4.79 Å². The molecule has 0 bridgehead atoms. The summed E-state index contributed by atoms with van der Waals surface area (Å²) in [5.41, 5.74) is 2.44. The Morgan fingerprint density at radius 2 is 2.00 bits per heavy atom. The highest BCUT2D eigenvalue weighted by Crippen LogP contribution is 2.23. The van der Waals surface area contributed by atoms with Crippen LogP contribution in [0.4, 0.5) is 5.69 Å². The SMILES string of the molecule is Cc1ccc(N2C(=O)/C(=C/c3cccs3)NC2=S)cc1. The summed E-state index contributed by atoms with van der Waals surface area (Å²) in [6, 6.07) is 11.6. The van der Waals surface area contributed by atoms with Crippen molar-refractivity contribution in [3.8, 4) is 0 Å². The number of nitrogens with one attached hydrogen (secondary N) is 1. The number of rotatable bonds is 2. The predicted octanol–water partition coefficient (Wildman–Crippen LogP) is 3.32. The lowest BCUT2D eigenvalue weighted by Gasteiger charge is -2.13. The van der Waals surface area contributed by atoms with E-state index in [-0.39, 0.29) is 5.91 Å². The van der Waals surface area contributed by atoms with Gasteiger partial charge < -0.3 is 5.32 Å². The third-order valence-corrected chi connectivity index (χ3v) is 4.10. The predicted molar refractivity (Wildman–Crippen MR) is 86.7 cm³/mol. The summed E-state index contributed by atoms with van der Waals surface area (Å²) in [4.78, 5) is 15.0. The molecule has 1 amide bonds. The van der Waals surface area contributed by atoms with Crippen LogP contribution < -0.4 is 10.2 Å². The molecule has 20 heavy (non-hydrogen) atoms. The van der Waals surface area contributed by atoms with E-state index in [0.29, 0.717) is 10.8 Å². The first-order valence-corrected chi connectivity index (χ1v) is 7.41. The molecule has 1 aliphatic heterocycles. The van der Waals surface area contributed by atoms with Gasteiger partial charge in [0.05, 0.1) is 5.69 Å². The molecule has 1 saturated heterocycles. The molecule has 3 nitrogen and oxygen atoms in total. The smallest absolute Gasteiger partial charge is 0.281 e. The number of amides is 1. The van der Waals surface area contributed by atoms with E-state index in [4.69, 9.17) is 12.2 Å². The van der Waals surface area contributed by atoms with Gasteiger partial charge in [0.2, 0.25) is 0 Å². The van der Waals surface area contributed by atoms with Crippen LogP contribution in [0, 0.1) is 6.92 Å². The molecule has 0 saturated carbocycles. The molecular formula is C15H12N2OS2. The Morgan fingerprint density at radius 1 is 1.25 bits per heavy atom. The highest BCUT2D eigenvalue weighted by atomic mass is 32.1. The molecule has 2 aromatic rings. The van der Waals surface area contributed by atoms with Crippen LogP contribution in [-0.4, -0.2) is 11.0 Å². The fourth-order valence-corrected chi connectivity index (χ4v) is 2.93. The molecule has 1 aliphatic rings. The molecule has 2 heterocycles. The van der Waals surface area contributed by atoms with Gasteiger partial charge in [-0.3, -0.25) is 9.69 Å². The Bertz CT molecular complexity index is 687. The zero-order valence-corrected chi connectivity index (χ0v) is 12.4. The number of hydrogen-bond donors (Lipinski definition) is 1. The van der Waals surface area contributed by atoms with Crippen molar-refractivity contribution in [2.24, 2.45) is 0 Å². The number of benzene rings is 1. The van der Waals surface area contributed by atoms with Gasteiger partial charge in [-0.05, 0) is 48.8 Å². The number of carbonyl (C=O) groups is 1. The highest BCUT2D eigenvalue weighted by molar-refractivity contribution is 7.80. The molecule has 1 fully saturated rings. The van der Waals surface area contributed by atoms with Crippen LogP contribution in [0.3, 0.4) is 0 Å². The maximum absolute atomic E-state index is 12.4. The first-order chi connectivity index (χ1) is 9.65. The van der Waals surface area contributed by atoms with Crippen LogP contribution >= 0.6 is 23.6 Å². The molecule has 1 N–H and O–H groups in total. The summed E-state index contributed by atoms with van der Waals surface area (Å²) in [5.74, 6) is -0.118. The third-order valence-electron chi connectivity index (χ3n) is 3.00. The summed E-state index contributed by atoms with van der Waals surface area (Å²) in [5, 5.41) is 5.37. The lowest BCUT2D eigenvalue weighted by molar-refractivity contribution is -0.113. The minimum absolute atomic E-state index is 0.118. The van der Waals surface area contributed by atoms with E-state index in [0.717, 1.165) is 16.1 Å². The van der Waals surface area contributed by atoms with Gasteiger partial charge in [0.15, 0.2) is 5.11 Å². The van der Waals surface area contributed by atoms with Crippen LogP contribution in [0.15, 0.2) is 47.5 Å². The molecule has 3 rings (SSSR count). The second kappa shape index (κ2) is 5.19. The van der Waals surface area contributed by atoms with Crippen molar-refractivity contribution in [2.45, 2.75) is 6.92 Å². The van der Waals surface area contributed by atoms with Crippen molar-refractivity contribution in [3.63, 3.8) is 0 Å². The third kappa shape index (κ3) is 2.37. The molecule has 0 radical (unpaired) electrons. The van der Waals surface area contributed by atoms with Gasteiger partial charge >= 0.3 is 0 Å². The molecule has 1 aromatic carbocycles. The minimum atomic E-state index is -0.118. The van der Waals surface area contributed by atoms with Gasteiger partial charge in [-0.15, -0.1) is 11.3 Å². The normalized spacial score (nSPS) is 16.9. The van der Waals surface area contributed by atoms with Gasteiger partial charge in [-0.2, -0.15) is 0 Å². The fraction of sp³-hybridized carbons (Fsp3) is 0.0667. The average Bonchev–Trinajstić information content (AvgIpc) is 3.02. The maximum atomic E-state index is 12.4. The summed E-state index contributed by atoms with van der Waals surface area (Å²) in [6.07, 6.45) is 1.83. The van der Waals surface area contributed by atoms with E-state index >= 15 is 0 Å². The highest BCUT2D eigenvalue weighted by Gasteiger charge is 2.31. The molecule has 100 valence electrons. The first kappa shape index (κ1) is 13.0. The number of nitrogens with zero attached hydrogens (tertiary/aromatic N) is 1. The number of thiophene rings is 1. The standard InChI is InChI=1S/C15H12N2OS2/c1-10-4-6-11(7-5-10)17-14(18)13(16-15(17)19)9-12-3-2-8-20-12/h2-9H,1H3,(H,16,19)/b13-9-. The Balaban J connectivity index is 1.93. The fourth-order valence-electron chi connectivity index (χ4n) is 1.98. The maximum Gasteiger partial charge on any atom is 0.281 e. The van der Waals surface area contributed by atoms with Gasteiger partial charge in [0.25, 0.3) is 5.91 Å². The van der Waals surface area contributed by atoms with Gasteiger partial charge in [-0.1, -0.05) is 23.8 Å². The van der Waals surface area contributed by atoms with Crippen molar-refractivity contribution >= 4 is 46.3 Å². The molecule has 0 spiro atoms. The van der Waals surface area contributed by atoms with Crippen LogP contribution in [0.1, 0.15) is 10.4 Å². The number of carbonyl (C=O) groups excluding carboxylic acids is 1. The monoisotopic (exact) mass is 300 g/mol. The van der Waals surface area contributed by atoms with Crippen molar-refractivity contribution in [3.05, 3.63) is 57.9 Å². The number of aryl methyl sites for hydroxylation is 1. The molecule has 0 atom stereocenters. The summed E-state index contributed by atoms with van der Waals surface area (Å²) >= 11 is 6.84. The Labute approximate surface area is 126 Å². The summed E-state index contributed by atoms with van der Waals surface area (Å²) < 4.78 is 0. The van der Waals surface area contributed by atoms with E-state index in [1.54, 1.807) is 11.3 Å². The zero-order valence-electron chi connectivity index (χ0n) is 10.8. The lowest BCUT2D eigenvalue weighted by atomic mass is 10.2. The Morgan fingerprint density at radius 3 is 2.65 bits per heavy atom. The van der Waals surface area contributed by atoms with Crippen molar-refractivity contribution in [1.82, 2.24) is 5.32 Å². The molecule has 1 aromatic heterocycles. The molecule has 0 unspecified atom stereocenters. The van der Waals surface area contributed by atoms with Crippen LogP contribution in [0.5, 0.6) is 0 Å². The quantitative estimate of drug-likeness (QED) is 0.682. The Hall–Kier alpha value is -1.98. The van der Waals surface area contributed by atoms with Crippen molar-refractivity contribution < 1.29 is 4.79 Å². The lowest BCUT2D eigenvalue weighted by Crippen LogP contribution is -2.30. The van der Waals surface area contributed by atoms with Gasteiger partial charge in [0.1, 0.15) is 5.70 Å². The molecule has 5 heteroatoms. The first-order valence-electron chi connectivity index (χ1n) is 6.12. The second-order valence-electron chi connectivity index (χ2n) is 4.48. The number of anilines is 1. The van der Waals surface area contributed by atoms with E-state index in [1.165, 1.54) is 4.90 Å².